The zero-order chi connectivity index (χ0) is 28.7. The molecule has 0 unspecified atom stereocenters. The maximum Gasteiger partial charge on any atom is 0.343 e. The van der Waals surface area contributed by atoms with Gasteiger partial charge in [0, 0.05) is 17.8 Å². The van der Waals surface area contributed by atoms with Crippen molar-refractivity contribution < 1.29 is 28.2 Å². The first-order valence-electron chi connectivity index (χ1n) is 13.8. The van der Waals surface area contributed by atoms with Gasteiger partial charge < -0.3 is 18.8 Å². The number of halogens is 1. The van der Waals surface area contributed by atoms with Crippen molar-refractivity contribution in [1.82, 2.24) is 4.57 Å². The Balaban J connectivity index is 1.48. The minimum atomic E-state index is -1.27. The summed E-state index contributed by atoms with van der Waals surface area (Å²) in [6.07, 6.45) is 3.20. The topological polar surface area (TPSA) is 83.8 Å². The van der Waals surface area contributed by atoms with Gasteiger partial charge >= 0.3 is 11.9 Å². The molecule has 2 aliphatic rings. The number of pyridine rings is 1. The van der Waals surface area contributed by atoms with Crippen LogP contribution < -0.4 is 10.2 Å². The third kappa shape index (κ3) is 4.67. The highest BCUT2D eigenvalue weighted by Crippen LogP contribution is 2.55. The number of rotatable bonds is 9. The Bertz CT molecular complexity index is 1650. The van der Waals surface area contributed by atoms with Crippen LogP contribution in [0.3, 0.4) is 0 Å². The van der Waals surface area contributed by atoms with Crippen LogP contribution >= 0.6 is 0 Å². The van der Waals surface area contributed by atoms with Crippen LogP contribution in [0.4, 0.5) is 4.39 Å². The molecule has 2 aliphatic carbocycles. The molecule has 0 radical (unpaired) electrons. The Labute approximate surface area is 236 Å². The summed E-state index contributed by atoms with van der Waals surface area (Å²) in [5.74, 6) is -1.95. The molecule has 0 bridgehead atoms. The molecule has 2 fully saturated rings. The second-order valence-electron chi connectivity index (χ2n) is 10.6. The van der Waals surface area contributed by atoms with Gasteiger partial charge in [0.1, 0.15) is 11.4 Å². The second-order valence-corrected chi connectivity index (χ2v) is 10.6. The summed E-state index contributed by atoms with van der Waals surface area (Å²) in [6.45, 7) is 1.76. The van der Waals surface area contributed by atoms with Crippen LogP contribution in [0.15, 0.2) is 77.7 Å². The lowest BCUT2D eigenvalue weighted by molar-refractivity contribution is -0.151. The zero-order valence-electron chi connectivity index (χ0n) is 22.9. The summed E-state index contributed by atoms with van der Waals surface area (Å²) in [7, 11) is 1.40. The van der Waals surface area contributed by atoms with Crippen LogP contribution in [0.1, 0.15) is 71.8 Å². The maximum absolute atomic E-state index is 16.1. The molecule has 0 N–H and O–H groups in total. The number of hydrogen-bond donors (Lipinski definition) is 0. The van der Waals surface area contributed by atoms with Crippen LogP contribution in [-0.4, -0.2) is 30.2 Å². The van der Waals surface area contributed by atoms with E-state index < -0.39 is 34.7 Å². The molecule has 2 saturated carbocycles. The normalized spacial score (nSPS) is 15.5. The van der Waals surface area contributed by atoms with E-state index in [1.165, 1.54) is 13.3 Å². The lowest BCUT2D eigenvalue weighted by atomic mass is 9.91. The number of nitrogens with zero attached hydrogens (tertiary/aromatic N) is 1. The standard InChI is InChI=1S/C33H30FNO6/c1-3-40-31(37)24-19-35(22-14-15-22)27-23(28(24)36)18-25(34)26(30(27)39-2)33(16-17-33)32(38)41-29(20-10-6-4-7-11-20)21-12-8-5-9-13-21/h4-13,18-19,22,29H,3,14-17H2,1-2H3. The summed E-state index contributed by atoms with van der Waals surface area (Å²) >= 11 is 0. The van der Waals surface area contributed by atoms with Gasteiger partial charge in [-0.15, -0.1) is 0 Å². The fourth-order valence-electron chi connectivity index (χ4n) is 5.58. The molecule has 0 atom stereocenters. The predicted octanol–water partition coefficient (Wildman–Crippen LogP) is 6.03. The third-order valence-electron chi connectivity index (χ3n) is 7.91. The highest BCUT2D eigenvalue weighted by atomic mass is 19.1. The molecule has 1 aromatic heterocycles. The molecule has 4 aromatic rings. The molecule has 0 aliphatic heterocycles. The lowest BCUT2D eigenvalue weighted by Gasteiger charge is -2.25. The van der Waals surface area contributed by atoms with Crippen molar-refractivity contribution in [3.05, 3.63) is 111 Å². The lowest BCUT2D eigenvalue weighted by Crippen LogP contribution is -2.28. The first-order chi connectivity index (χ1) is 19.9. The monoisotopic (exact) mass is 555 g/mol. The maximum atomic E-state index is 16.1. The first kappa shape index (κ1) is 26.7. The van der Waals surface area contributed by atoms with Gasteiger partial charge in [0.25, 0.3) is 0 Å². The number of aromatic nitrogens is 1. The Morgan fingerprint density at radius 2 is 1.63 bits per heavy atom. The molecule has 0 saturated heterocycles. The quantitative estimate of drug-likeness (QED) is 0.235. The fraction of sp³-hybridized carbons (Fsp3) is 0.303. The number of hydrogen-bond acceptors (Lipinski definition) is 6. The van der Waals surface area contributed by atoms with Crippen molar-refractivity contribution in [2.24, 2.45) is 0 Å². The van der Waals surface area contributed by atoms with Gasteiger partial charge in [0.2, 0.25) is 5.43 Å². The number of carbonyl (C=O) groups excluding carboxylic acids is 2. The van der Waals surface area contributed by atoms with Gasteiger partial charge in [-0.2, -0.15) is 0 Å². The van der Waals surface area contributed by atoms with E-state index in [1.807, 2.05) is 60.7 Å². The van der Waals surface area contributed by atoms with Gasteiger partial charge in [-0.25, -0.2) is 9.18 Å². The number of ether oxygens (including phenoxy) is 3. The first-order valence-corrected chi connectivity index (χ1v) is 13.8. The third-order valence-corrected chi connectivity index (χ3v) is 7.91. The average Bonchev–Trinajstić information content (AvgIpc) is 3.92. The highest BCUT2D eigenvalue weighted by molar-refractivity contribution is 5.98. The van der Waals surface area contributed by atoms with E-state index in [-0.39, 0.29) is 34.9 Å². The Kier molecular flexibility index (Phi) is 6.85. The number of fused-ring (bicyclic) bond motifs is 1. The molecule has 41 heavy (non-hydrogen) atoms. The van der Waals surface area contributed by atoms with Crippen molar-refractivity contribution in [1.29, 1.82) is 0 Å². The molecule has 6 rings (SSSR count). The summed E-state index contributed by atoms with van der Waals surface area (Å²) in [4.78, 5) is 40.0. The number of carbonyl (C=O) groups is 2. The van der Waals surface area contributed by atoms with Crippen LogP contribution in [0.2, 0.25) is 0 Å². The fourth-order valence-corrected chi connectivity index (χ4v) is 5.58. The van der Waals surface area contributed by atoms with E-state index in [4.69, 9.17) is 14.2 Å². The Morgan fingerprint density at radius 1 is 1.02 bits per heavy atom. The number of benzene rings is 3. The molecule has 7 nitrogen and oxygen atoms in total. The van der Waals surface area contributed by atoms with Crippen molar-refractivity contribution in [2.45, 2.75) is 50.2 Å². The van der Waals surface area contributed by atoms with E-state index in [1.54, 1.807) is 11.5 Å². The van der Waals surface area contributed by atoms with Crippen molar-refractivity contribution in [3.8, 4) is 5.75 Å². The van der Waals surface area contributed by atoms with Crippen molar-refractivity contribution in [2.75, 3.05) is 13.7 Å². The van der Waals surface area contributed by atoms with Crippen molar-refractivity contribution >= 4 is 22.8 Å². The second kappa shape index (κ2) is 10.5. The number of esters is 2. The summed E-state index contributed by atoms with van der Waals surface area (Å²) in [5.41, 5.74) is -0.0309. The molecule has 0 spiro atoms. The van der Waals surface area contributed by atoms with Crippen LogP contribution in [-0.2, 0) is 19.7 Å². The van der Waals surface area contributed by atoms with Gasteiger partial charge in [-0.3, -0.25) is 9.59 Å². The number of methoxy groups -OCH3 is 1. The minimum Gasteiger partial charge on any atom is -0.494 e. The average molecular weight is 556 g/mol. The van der Waals surface area contributed by atoms with Gasteiger partial charge in [-0.1, -0.05) is 60.7 Å². The molecular weight excluding hydrogens is 525 g/mol. The summed E-state index contributed by atoms with van der Waals surface area (Å²) in [6, 6.07) is 20.0. The zero-order valence-corrected chi connectivity index (χ0v) is 22.9. The van der Waals surface area contributed by atoms with Crippen LogP contribution in [0.25, 0.3) is 10.9 Å². The molecule has 3 aromatic carbocycles. The SMILES string of the molecule is CCOC(=O)c1cn(C2CC2)c2c(OC)c(C3(C(=O)OC(c4ccccc4)c4ccccc4)CC3)c(F)cc2c1=O. The molecule has 0 amide bonds. The van der Waals surface area contributed by atoms with Crippen molar-refractivity contribution in [3.63, 3.8) is 0 Å². The van der Waals surface area contributed by atoms with Crippen LogP contribution in [0, 0.1) is 5.82 Å². The summed E-state index contributed by atoms with van der Waals surface area (Å²) in [5, 5.41) is 0.0103. The van der Waals surface area contributed by atoms with Gasteiger partial charge in [-0.05, 0) is 49.8 Å². The molecular formula is C33H30FNO6. The van der Waals surface area contributed by atoms with E-state index in [2.05, 4.69) is 0 Å². The van der Waals surface area contributed by atoms with E-state index >= 15 is 4.39 Å². The molecule has 8 heteroatoms. The smallest absolute Gasteiger partial charge is 0.343 e. The van der Waals surface area contributed by atoms with Crippen LogP contribution in [0.5, 0.6) is 5.75 Å². The highest BCUT2D eigenvalue weighted by Gasteiger charge is 2.57. The van der Waals surface area contributed by atoms with E-state index in [0.717, 1.165) is 30.0 Å². The van der Waals surface area contributed by atoms with Gasteiger partial charge in [0.05, 0.1) is 30.0 Å². The Morgan fingerprint density at radius 3 is 2.15 bits per heavy atom. The van der Waals surface area contributed by atoms with Gasteiger partial charge in [0.15, 0.2) is 11.9 Å². The largest absolute Gasteiger partial charge is 0.494 e. The molecule has 210 valence electrons. The Hall–Kier alpha value is -4.46. The predicted molar refractivity (Wildman–Crippen MR) is 151 cm³/mol. The summed E-state index contributed by atoms with van der Waals surface area (Å²) < 4.78 is 34.9. The molecule has 1 heterocycles. The van der Waals surface area contributed by atoms with E-state index in [9.17, 15) is 14.4 Å². The van der Waals surface area contributed by atoms with E-state index in [0.29, 0.717) is 18.4 Å². The minimum absolute atomic E-state index is 0.0103.